The molecule has 1 fully saturated rings. The van der Waals surface area contributed by atoms with Crippen LogP contribution in [0.4, 0.5) is 0 Å². The van der Waals surface area contributed by atoms with Crippen molar-refractivity contribution in [2.45, 2.75) is 25.1 Å². The molecule has 1 aromatic carbocycles. The molecule has 1 atom stereocenters. The molecule has 0 bridgehead atoms. The molecule has 3 heterocycles. The summed E-state index contributed by atoms with van der Waals surface area (Å²) >= 11 is 9.40. The lowest BCUT2D eigenvalue weighted by atomic mass is 9.97. The Hall–Kier alpha value is -1.87. The topological polar surface area (TPSA) is 71.3 Å². The number of likely N-dealkylation sites (tertiary alicyclic amines) is 1. The van der Waals surface area contributed by atoms with Crippen LogP contribution in [-0.4, -0.2) is 46.3 Å². The number of carbonyl (C=O) groups is 1. The van der Waals surface area contributed by atoms with Crippen molar-refractivity contribution < 1.29 is 9.32 Å². The fourth-order valence-corrected chi connectivity index (χ4v) is 5.30. The van der Waals surface area contributed by atoms with Gasteiger partial charge in [-0.2, -0.15) is 16.7 Å². The van der Waals surface area contributed by atoms with Gasteiger partial charge in [-0.1, -0.05) is 35.0 Å². The first-order valence-electron chi connectivity index (χ1n) is 10.4. The lowest BCUT2D eigenvalue weighted by Gasteiger charge is -2.30. The second-order valence-corrected chi connectivity index (χ2v) is 10.0. The van der Waals surface area contributed by atoms with Crippen LogP contribution in [-0.2, 0) is 17.1 Å². The largest absolute Gasteiger partial charge is 0.355 e. The zero-order chi connectivity index (χ0) is 21.5. The first-order chi connectivity index (χ1) is 15.2. The van der Waals surface area contributed by atoms with Gasteiger partial charge in [-0.3, -0.25) is 9.69 Å². The van der Waals surface area contributed by atoms with Crippen molar-refractivity contribution in [2.75, 3.05) is 25.4 Å². The minimum absolute atomic E-state index is 0.00590. The second kappa shape index (κ2) is 11.1. The van der Waals surface area contributed by atoms with E-state index in [0.29, 0.717) is 24.8 Å². The zero-order valence-corrected chi connectivity index (χ0v) is 19.5. The van der Waals surface area contributed by atoms with Crippen LogP contribution in [0.2, 0.25) is 5.02 Å². The molecule has 1 saturated heterocycles. The lowest BCUT2D eigenvalue weighted by molar-refractivity contribution is -0.126. The Morgan fingerprint density at radius 1 is 1.35 bits per heavy atom. The van der Waals surface area contributed by atoms with Gasteiger partial charge >= 0.3 is 0 Å². The zero-order valence-electron chi connectivity index (χ0n) is 17.1. The standard InChI is InChI=1S/C22H25ClN4O2S2/c23-18-6-1-4-16(12-18)15-30-11-8-24-22(28)17-5-2-9-27(13-17)14-20-25-21(26-29-20)19-7-3-10-31-19/h1,3-4,6-7,10,12,17H,2,5,8-9,11,13-15H2,(H,24,28). The first-order valence-corrected chi connectivity index (χ1v) is 12.8. The summed E-state index contributed by atoms with van der Waals surface area (Å²) in [6, 6.07) is 11.8. The summed E-state index contributed by atoms with van der Waals surface area (Å²) in [6.45, 7) is 2.92. The van der Waals surface area contributed by atoms with Gasteiger partial charge in [0.25, 0.3) is 0 Å². The molecular formula is C22H25ClN4O2S2. The van der Waals surface area contributed by atoms with Crippen LogP contribution in [0.1, 0.15) is 24.3 Å². The normalized spacial score (nSPS) is 17.0. The predicted molar refractivity (Wildman–Crippen MR) is 126 cm³/mol. The number of nitrogens with one attached hydrogen (secondary N) is 1. The first kappa shape index (κ1) is 22.3. The van der Waals surface area contributed by atoms with Gasteiger partial charge < -0.3 is 9.84 Å². The van der Waals surface area contributed by atoms with Crippen LogP contribution in [0.15, 0.2) is 46.3 Å². The third-order valence-electron chi connectivity index (χ3n) is 5.15. The summed E-state index contributed by atoms with van der Waals surface area (Å²) in [5.74, 6) is 3.14. The van der Waals surface area contributed by atoms with Gasteiger partial charge in [0.1, 0.15) is 0 Å². The van der Waals surface area contributed by atoms with E-state index in [1.54, 1.807) is 23.1 Å². The van der Waals surface area contributed by atoms with Gasteiger partial charge in [-0.05, 0) is 48.5 Å². The van der Waals surface area contributed by atoms with Crippen LogP contribution < -0.4 is 5.32 Å². The van der Waals surface area contributed by atoms with E-state index in [-0.39, 0.29) is 11.8 Å². The number of hydrogen-bond donors (Lipinski definition) is 1. The summed E-state index contributed by atoms with van der Waals surface area (Å²) in [5, 5.41) is 9.92. The SMILES string of the molecule is O=C(NCCSCc1cccc(Cl)c1)C1CCCN(Cc2nc(-c3cccs3)no2)C1. The molecule has 4 rings (SSSR count). The summed E-state index contributed by atoms with van der Waals surface area (Å²) in [4.78, 5) is 20.3. The highest BCUT2D eigenvalue weighted by molar-refractivity contribution is 7.98. The van der Waals surface area contributed by atoms with E-state index in [0.717, 1.165) is 47.3 Å². The molecule has 0 spiro atoms. The number of thioether (sulfide) groups is 1. The number of hydrogen-bond acceptors (Lipinski definition) is 7. The Labute approximate surface area is 195 Å². The van der Waals surface area contributed by atoms with E-state index in [1.807, 2.05) is 35.7 Å². The van der Waals surface area contributed by atoms with Gasteiger partial charge in [-0.25, -0.2) is 0 Å². The molecule has 1 N–H and O–H groups in total. The molecule has 1 amide bonds. The lowest BCUT2D eigenvalue weighted by Crippen LogP contribution is -2.43. The van der Waals surface area contributed by atoms with E-state index in [2.05, 4.69) is 26.4 Å². The van der Waals surface area contributed by atoms with Crippen molar-refractivity contribution in [3.63, 3.8) is 0 Å². The number of amides is 1. The molecule has 2 aromatic heterocycles. The van der Waals surface area contributed by atoms with E-state index in [1.165, 1.54) is 5.56 Å². The Balaban J connectivity index is 1.18. The molecular weight excluding hydrogens is 452 g/mol. The van der Waals surface area contributed by atoms with Gasteiger partial charge in [0.05, 0.1) is 17.3 Å². The molecule has 1 unspecified atom stereocenters. The number of halogens is 1. The van der Waals surface area contributed by atoms with Crippen molar-refractivity contribution in [3.05, 3.63) is 58.3 Å². The summed E-state index contributed by atoms with van der Waals surface area (Å²) < 4.78 is 5.41. The van der Waals surface area contributed by atoms with Crippen LogP contribution >= 0.6 is 34.7 Å². The van der Waals surface area contributed by atoms with E-state index in [9.17, 15) is 4.79 Å². The number of piperidine rings is 1. The number of carbonyl (C=O) groups excluding carboxylic acids is 1. The Bertz CT molecular complexity index is 980. The molecule has 0 saturated carbocycles. The van der Waals surface area contributed by atoms with Crippen LogP contribution in [0, 0.1) is 5.92 Å². The highest BCUT2D eigenvalue weighted by Crippen LogP contribution is 2.23. The molecule has 31 heavy (non-hydrogen) atoms. The minimum atomic E-state index is 0.00590. The molecule has 3 aromatic rings. The second-order valence-electron chi connectivity index (χ2n) is 7.54. The van der Waals surface area contributed by atoms with E-state index in [4.69, 9.17) is 16.1 Å². The summed E-state index contributed by atoms with van der Waals surface area (Å²) in [7, 11) is 0. The third-order valence-corrected chi connectivity index (χ3v) is 7.28. The Kier molecular flexibility index (Phi) is 8.02. The summed E-state index contributed by atoms with van der Waals surface area (Å²) in [6.07, 6.45) is 1.91. The molecule has 1 aliphatic rings. The third kappa shape index (κ3) is 6.55. The number of benzene rings is 1. The highest BCUT2D eigenvalue weighted by atomic mass is 35.5. The molecule has 0 radical (unpaired) electrons. The average Bonchev–Trinajstić information content (AvgIpc) is 3.46. The smallest absolute Gasteiger partial charge is 0.241 e. The number of nitrogens with zero attached hydrogens (tertiary/aromatic N) is 3. The predicted octanol–water partition coefficient (Wildman–Crippen LogP) is 4.71. The maximum atomic E-state index is 12.6. The van der Waals surface area contributed by atoms with Crippen molar-refractivity contribution >= 4 is 40.6 Å². The van der Waals surface area contributed by atoms with Gasteiger partial charge in [-0.15, -0.1) is 11.3 Å². The van der Waals surface area contributed by atoms with Crippen molar-refractivity contribution in [1.82, 2.24) is 20.4 Å². The van der Waals surface area contributed by atoms with Gasteiger partial charge in [0.2, 0.25) is 17.6 Å². The number of aromatic nitrogens is 2. The Morgan fingerprint density at radius 2 is 2.29 bits per heavy atom. The van der Waals surface area contributed by atoms with Crippen molar-refractivity contribution in [3.8, 4) is 10.7 Å². The van der Waals surface area contributed by atoms with Gasteiger partial charge in [0, 0.05) is 29.6 Å². The number of thiophene rings is 1. The van der Waals surface area contributed by atoms with Crippen molar-refractivity contribution in [2.24, 2.45) is 5.92 Å². The molecule has 164 valence electrons. The van der Waals surface area contributed by atoms with Crippen LogP contribution in [0.3, 0.4) is 0 Å². The van der Waals surface area contributed by atoms with E-state index < -0.39 is 0 Å². The van der Waals surface area contributed by atoms with Crippen LogP contribution in [0.25, 0.3) is 10.7 Å². The summed E-state index contributed by atoms with van der Waals surface area (Å²) in [5.41, 5.74) is 1.20. The molecule has 9 heteroatoms. The molecule has 0 aliphatic carbocycles. The fraction of sp³-hybridized carbons (Fsp3) is 0.409. The fourth-order valence-electron chi connectivity index (χ4n) is 3.64. The number of rotatable bonds is 9. The van der Waals surface area contributed by atoms with Crippen LogP contribution in [0.5, 0.6) is 0 Å². The monoisotopic (exact) mass is 476 g/mol. The van der Waals surface area contributed by atoms with Gasteiger partial charge in [0.15, 0.2) is 0 Å². The van der Waals surface area contributed by atoms with Crippen molar-refractivity contribution in [1.29, 1.82) is 0 Å². The van der Waals surface area contributed by atoms with E-state index >= 15 is 0 Å². The maximum Gasteiger partial charge on any atom is 0.241 e. The Morgan fingerprint density at radius 3 is 3.13 bits per heavy atom. The average molecular weight is 477 g/mol. The minimum Gasteiger partial charge on any atom is -0.355 e. The molecule has 6 nitrogen and oxygen atoms in total. The molecule has 1 aliphatic heterocycles. The highest BCUT2D eigenvalue weighted by Gasteiger charge is 2.26. The maximum absolute atomic E-state index is 12.6. The quantitative estimate of drug-likeness (QED) is 0.451.